The maximum Gasteiger partial charge on any atom is 0.255 e. The second-order valence-corrected chi connectivity index (χ2v) is 5.39. The average molecular weight is 329 g/mol. The summed E-state index contributed by atoms with van der Waals surface area (Å²) in [7, 11) is 0. The Kier molecular flexibility index (Phi) is 4.19. The number of nitrogens with zero attached hydrogens (tertiary/aromatic N) is 1. The molecule has 2 N–H and O–H groups in total. The number of benzene rings is 1. The van der Waals surface area contributed by atoms with E-state index in [2.05, 4.69) is 15.9 Å². The van der Waals surface area contributed by atoms with Gasteiger partial charge in [0.2, 0.25) is 5.91 Å². The highest BCUT2D eigenvalue weighted by molar-refractivity contribution is 9.10. The molecule has 1 unspecified atom stereocenters. The highest BCUT2D eigenvalue weighted by Crippen LogP contribution is 2.24. The second-order valence-electron chi connectivity index (χ2n) is 4.54. The number of hydrogen-bond acceptors (Lipinski definition) is 2. The van der Waals surface area contributed by atoms with Crippen LogP contribution in [0.1, 0.15) is 29.6 Å². The van der Waals surface area contributed by atoms with Crippen LogP contribution in [0.5, 0.6) is 0 Å². The first-order valence-corrected chi connectivity index (χ1v) is 6.85. The molecule has 4 nitrogen and oxygen atoms in total. The summed E-state index contributed by atoms with van der Waals surface area (Å²) in [5, 5.41) is 0. The van der Waals surface area contributed by atoms with E-state index in [1.807, 2.05) is 0 Å². The van der Waals surface area contributed by atoms with Gasteiger partial charge in [-0.05, 0) is 53.4 Å². The standard InChI is InChI=1S/C13H14BrFN2O2/c14-10-7-8(15)4-5-9(10)13(19)17-6-2-1-3-11(17)12(16)18/h4-5,7,11H,1-3,6H2,(H2,16,18). The molecule has 0 aromatic heterocycles. The highest BCUT2D eigenvalue weighted by Gasteiger charge is 2.31. The molecule has 1 aliphatic heterocycles. The fraction of sp³-hybridized carbons (Fsp3) is 0.385. The summed E-state index contributed by atoms with van der Waals surface area (Å²) in [6, 6.07) is 3.30. The smallest absolute Gasteiger partial charge is 0.255 e. The number of hydrogen-bond donors (Lipinski definition) is 1. The van der Waals surface area contributed by atoms with Gasteiger partial charge in [0.15, 0.2) is 0 Å². The van der Waals surface area contributed by atoms with Crippen LogP contribution in [-0.4, -0.2) is 29.3 Å². The summed E-state index contributed by atoms with van der Waals surface area (Å²) in [6.45, 7) is 0.496. The van der Waals surface area contributed by atoms with Gasteiger partial charge in [0.25, 0.3) is 5.91 Å². The molecule has 0 saturated carbocycles. The summed E-state index contributed by atoms with van der Waals surface area (Å²) < 4.78 is 13.4. The monoisotopic (exact) mass is 328 g/mol. The molecule has 2 amide bonds. The van der Waals surface area contributed by atoms with Crippen molar-refractivity contribution in [2.75, 3.05) is 6.54 Å². The predicted molar refractivity (Wildman–Crippen MR) is 72.0 cm³/mol. The van der Waals surface area contributed by atoms with E-state index in [0.29, 0.717) is 23.0 Å². The van der Waals surface area contributed by atoms with E-state index in [1.54, 1.807) is 0 Å². The van der Waals surface area contributed by atoms with Crippen LogP contribution in [0.4, 0.5) is 4.39 Å². The zero-order valence-corrected chi connectivity index (χ0v) is 11.8. The molecule has 1 fully saturated rings. The quantitative estimate of drug-likeness (QED) is 0.903. The minimum atomic E-state index is -0.571. The first-order chi connectivity index (χ1) is 9.00. The van der Waals surface area contributed by atoms with Gasteiger partial charge in [-0.25, -0.2) is 4.39 Å². The number of rotatable bonds is 2. The van der Waals surface area contributed by atoms with Gasteiger partial charge in [0.05, 0.1) is 5.56 Å². The van der Waals surface area contributed by atoms with Crippen LogP contribution < -0.4 is 5.73 Å². The Labute approximate surface area is 118 Å². The van der Waals surface area contributed by atoms with Crippen LogP contribution in [0.2, 0.25) is 0 Å². The molecule has 0 aliphatic carbocycles. The predicted octanol–water partition coefficient (Wildman–Crippen LogP) is 2.07. The molecule has 1 aromatic carbocycles. The van der Waals surface area contributed by atoms with Crippen LogP contribution >= 0.6 is 15.9 Å². The van der Waals surface area contributed by atoms with E-state index in [9.17, 15) is 14.0 Å². The Morgan fingerprint density at radius 1 is 1.37 bits per heavy atom. The molecule has 0 spiro atoms. The fourth-order valence-electron chi connectivity index (χ4n) is 2.29. The number of halogens is 2. The fourth-order valence-corrected chi connectivity index (χ4v) is 2.81. The molecule has 2 rings (SSSR count). The molecule has 1 aromatic rings. The molecule has 1 aliphatic rings. The van der Waals surface area contributed by atoms with E-state index in [0.717, 1.165) is 12.8 Å². The Hall–Kier alpha value is -1.43. The second kappa shape index (κ2) is 5.69. The van der Waals surface area contributed by atoms with Crippen LogP contribution in [0.3, 0.4) is 0 Å². The van der Waals surface area contributed by atoms with E-state index in [4.69, 9.17) is 5.73 Å². The number of primary amides is 1. The molecular weight excluding hydrogens is 315 g/mol. The number of piperidine rings is 1. The SMILES string of the molecule is NC(=O)C1CCCCN1C(=O)c1ccc(F)cc1Br. The summed E-state index contributed by atoms with van der Waals surface area (Å²) in [5.41, 5.74) is 5.67. The third kappa shape index (κ3) is 2.94. The number of carbonyl (C=O) groups excluding carboxylic acids is 2. The zero-order chi connectivity index (χ0) is 14.0. The third-order valence-corrected chi connectivity index (χ3v) is 3.91. The summed E-state index contributed by atoms with van der Waals surface area (Å²) >= 11 is 3.17. The van der Waals surface area contributed by atoms with Crippen molar-refractivity contribution in [3.8, 4) is 0 Å². The first kappa shape index (κ1) is 14.0. The maximum absolute atomic E-state index is 13.0. The van der Waals surface area contributed by atoms with Crippen molar-refractivity contribution >= 4 is 27.7 Å². The Balaban J connectivity index is 2.28. The minimum absolute atomic E-state index is 0.296. The first-order valence-electron chi connectivity index (χ1n) is 6.06. The lowest BCUT2D eigenvalue weighted by atomic mass is 10.0. The van der Waals surface area contributed by atoms with Gasteiger partial charge in [-0.1, -0.05) is 0 Å². The lowest BCUT2D eigenvalue weighted by Gasteiger charge is -2.33. The van der Waals surface area contributed by atoms with Crippen molar-refractivity contribution in [2.45, 2.75) is 25.3 Å². The van der Waals surface area contributed by atoms with Crippen LogP contribution in [0.15, 0.2) is 22.7 Å². The van der Waals surface area contributed by atoms with Crippen molar-refractivity contribution < 1.29 is 14.0 Å². The number of nitrogens with two attached hydrogens (primary N) is 1. The van der Waals surface area contributed by atoms with Crippen molar-refractivity contribution in [3.05, 3.63) is 34.1 Å². The number of carbonyl (C=O) groups is 2. The minimum Gasteiger partial charge on any atom is -0.368 e. The van der Waals surface area contributed by atoms with Crippen molar-refractivity contribution in [3.63, 3.8) is 0 Å². The van der Waals surface area contributed by atoms with E-state index in [-0.39, 0.29) is 5.91 Å². The number of amides is 2. The molecule has 0 radical (unpaired) electrons. The van der Waals surface area contributed by atoms with Crippen molar-refractivity contribution in [1.29, 1.82) is 0 Å². The topological polar surface area (TPSA) is 63.4 Å². The third-order valence-electron chi connectivity index (χ3n) is 3.25. The summed E-state index contributed by atoms with van der Waals surface area (Å²) in [5.74, 6) is -1.21. The van der Waals surface area contributed by atoms with Gasteiger partial charge in [-0.2, -0.15) is 0 Å². The average Bonchev–Trinajstić information content (AvgIpc) is 2.38. The highest BCUT2D eigenvalue weighted by atomic mass is 79.9. The molecule has 0 bridgehead atoms. The molecular formula is C13H14BrFN2O2. The van der Waals surface area contributed by atoms with Gasteiger partial charge >= 0.3 is 0 Å². The van der Waals surface area contributed by atoms with E-state index in [1.165, 1.54) is 23.1 Å². The van der Waals surface area contributed by atoms with Gasteiger partial charge < -0.3 is 10.6 Å². The molecule has 19 heavy (non-hydrogen) atoms. The molecule has 1 saturated heterocycles. The zero-order valence-electron chi connectivity index (χ0n) is 10.2. The van der Waals surface area contributed by atoms with Crippen LogP contribution in [0, 0.1) is 5.82 Å². The van der Waals surface area contributed by atoms with Gasteiger partial charge in [-0.3, -0.25) is 9.59 Å². The Morgan fingerprint density at radius 3 is 2.74 bits per heavy atom. The molecule has 6 heteroatoms. The lowest BCUT2D eigenvalue weighted by molar-refractivity contribution is -0.123. The maximum atomic E-state index is 13.0. The normalized spacial score (nSPS) is 19.3. The molecule has 102 valence electrons. The summed E-state index contributed by atoms with van der Waals surface area (Å²) in [4.78, 5) is 25.3. The number of likely N-dealkylation sites (tertiary alicyclic amines) is 1. The largest absolute Gasteiger partial charge is 0.368 e. The van der Waals surface area contributed by atoms with Gasteiger partial charge in [0, 0.05) is 11.0 Å². The summed E-state index contributed by atoms with van der Waals surface area (Å²) in [6.07, 6.45) is 2.30. The Bertz CT molecular complexity index is 521. The van der Waals surface area contributed by atoms with E-state index < -0.39 is 17.8 Å². The van der Waals surface area contributed by atoms with Crippen LogP contribution in [-0.2, 0) is 4.79 Å². The van der Waals surface area contributed by atoms with E-state index >= 15 is 0 Å². The van der Waals surface area contributed by atoms with Gasteiger partial charge in [-0.15, -0.1) is 0 Å². The molecule has 1 heterocycles. The molecule has 1 atom stereocenters. The van der Waals surface area contributed by atoms with Crippen molar-refractivity contribution in [2.24, 2.45) is 5.73 Å². The van der Waals surface area contributed by atoms with Crippen LogP contribution in [0.25, 0.3) is 0 Å². The Morgan fingerprint density at radius 2 is 2.11 bits per heavy atom. The van der Waals surface area contributed by atoms with Gasteiger partial charge in [0.1, 0.15) is 11.9 Å². The van der Waals surface area contributed by atoms with Crippen molar-refractivity contribution in [1.82, 2.24) is 4.90 Å². The lowest BCUT2D eigenvalue weighted by Crippen LogP contribution is -2.50.